The van der Waals surface area contributed by atoms with Gasteiger partial charge in [0, 0.05) is 38.5 Å². The Balaban J connectivity index is 5.86. The topological polar surface area (TPSA) is 52.6 Å². The highest BCUT2D eigenvalue weighted by atomic mass is 28.5. The Kier molecular flexibility index (Phi) is 22.3. The average Bonchev–Trinajstić information content (AvgIpc) is 2.84. The fourth-order valence-electron chi connectivity index (χ4n) is 3.98. The number of hydrogen-bond donors (Lipinski definition) is 0. The third-order valence-corrected chi connectivity index (χ3v) is 12.7. The number of hydrogen-bond acceptors (Lipinski definition) is 7. The van der Waals surface area contributed by atoms with Gasteiger partial charge < -0.3 is 31.6 Å². The van der Waals surface area contributed by atoms with Crippen molar-refractivity contribution in [1.29, 1.82) is 0 Å². The van der Waals surface area contributed by atoms with Crippen molar-refractivity contribution in [2.45, 2.75) is 105 Å². The van der Waals surface area contributed by atoms with Gasteiger partial charge in [0.15, 0.2) is 0 Å². The molecule has 212 valence electrons. The molecule has 0 aromatic heterocycles. The van der Waals surface area contributed by atoms with Crippen molar-refractivity contribution in [3.8, 4) is 0 Å². The molecule has 0 saturated carbocycles. The van der Waals surface area contributed by atoms with Crippen LogP contribution < -0.4 is 0 Å². The maximum Gasteiger partial charge on any atom is 0.493 e. The highest BCUT2D eigenvalue weighted by molar-refractivity contribution is 6.75. The van der Waals surface area contributed by atoms with Crippen LogP contribution in [0.25, 0.3) is 0 Å². The minimum Gasteiger partial charge on any atom is -0.374 e. The largest absolute Gasteiger partial charge is 0.493 e. The summed E-state index contributed by atoms with van der Waals surface area (Å²) < 4.78 is 33.2. The van der Waals surface area contributed by atoms with Gasteiger partial charge in [0.05, 0.1) is 0 Å². The van der Waals surface area contributed by atoms with E-state index in [4.69, 9.17) is 21.8 Å². The van der Waals surface area contributed by atoms with Crippen molar-refractivity contribution in [2.24, 2.45) is 0 Å². The van der Waals surface area contributed by atoms with E-state index < -0.39 is 17.6 Å². The molecule has 0 aromatic rings. The van der Waals surface area contributed by atoms with E-state index in [1.807, 2.05) is 0 Å². The molecule has 0 bridgehead atoms. The summed E-state index contributed by atoms with van der Waals surface area (Å²) in [5, 5.41) is 0. The summed E-state index contributed by atoms with van der Waals surface area (Å²) in [5.74, 6) is 0. The van der Waals surface area contributed by atoms with Crippen LogP contribution >= 0.6 is 0 Å². The monoisotopic (exact) mass is 536 g/mol. The average molecular weight is 537 g/mol. The first-order valence-corrected chi connectivity index (χ1v) is 18.4. The predicted octanol–water partition coefficient (Wildman–Crippen LogP) is 6.05. The van der Waals surface area contributed by atoms with Crippen molar-refractivity contribution < 1.29 is 21.8 Å². The lowest BCUT2D eigenvalue weighted by molar-refractivity contribution is 0.0393. The van der Waals surface area contributed by atoms with E-state index in [1.165, 1.54) is 0 Å². The van der Waals surface area contributed by atoms with E-state index in [9.17, 15) is 0 Å². The first-order valence-electron chi connectivity index (χ1n) is 14.5. The first-order chi connectivity index (χ1) is 16.9. The molecule has 0 amide bonds. The maximum absolute atomic E-state index is 7.07. The summed E-state index contributed by atoms with van der Waals surface area (Å²) in [6, 6.07) is 1.60. The van der Waals surface area contributed by atoms with Crippen LogP contribution in [0.4, 0.5) is 0 Å². The summed E-state index contributed by atoms with van der Waals surface area (Å²) in [6.45, 7) is 19.8. The van der Waals surface area contributed by atoms with Crippen LogP contribution in [-0.2, 0) is 21.8 Å². The molecular weight excluding hydrogens is 476 g/mol. The van der Waals surface area contributed by atoms with Gasteiger partial charge in [0.25, 0.3) is 0 Å². The van der Waals surface area contributed by atoms with Gasteiger partial charge in [0.2, 0.25) is 0 Å². The first kappa shape index (κ1) is 35.2. The highest BCUT2D eigenvalue weighted by Gasteiger charge is 2.53. The zero-order valence-corrected chi connectivity index (χ0v) is 26.7. The van der Waals surface area contributed by atoms with Crippen molar-refractivity contribution in [2.75, 3.05) is 66.7 Å². The van der Waals surface area contributed by atoms with E-state index in [1.54, 1.807) is 0 Å². The Morgan fingerprint density at radius 2 is 0.771 bits per heavy atom. The minimum atomic E-state index is -2.98. The van der Waals surface area contributed by atoms with Gasteiger partial charge in [-0.2, -0.15) is 0 Å². The molecule has 0 spiro atoms. The van der Waals surface area contributed by atoms with Gasteiger partial charge in [-0.05, 0) is 91.6 Å². The van der Waals surface area contributed by atoms with E-state index in [0.717, 1.165) is 89.6 Å². The zero-order valence-electron chi connectivity index (χ0n) is 24.7. The standard InChI is InChI=1S/C26H60N2O5Si2/c1-9-17-27(7)19-15-25-34(29-21-11-3,30-22-12-4)33-35(31-23-13-5,32-24-14-6)26-16-20-28(8)18-10-2/h9-26H2,1-8H3. The molecule has 0 heterocycles. The quantitative estimate of drug-likeness (QED) is 0.125. The molecule has 0 rings (SSSR count). The third kappa shape index (κ3) is 16.6. The van der Waals surface area contributed by atoms with Crippen molar-refractivity contribution in [3.05, 3.63) is 0 Å². The van der Waals surface area contributed by atoms with Gasteiger partial charge in [-0.3, -0.25) is 0 Å². The molecule has 0 radical (unpaired) electrons. The van der Waals surface area contributed by atoms with Gasteiger partial charge >= 0.3 is 17.6 Å². The van der Waals surface area contributed by atoms with E-state index in [0.29, 0.717) is 26.4 Å². The van der Waals surface area contributed by atoms with Crippen LogP contribution in [0, 0.1) is 0 Å². The molecular formula is C26H60N2O5Si2. The summed E-state index contributed by atoms with van der Waals surface area (Å²) in [6.07, 6.45) is 8.04. The Labute approximate surface area is 220 Å². The van der Waals surface area contributed by atoms with Gasteiger partial charge in [-0.25, -0.2) is 0 Å². The van der Waals surface area contributed by atoms with Crippen LogP contribution in [0.1, 0.15) is 92.9 Å². The number of nitrogens with zero attached hydrogens (tertiary/aromatic N) is 2. The highest BCUT2D eigenvalue weighted by Crippen LogP contribution is 2.29. The summed E-state index contributed by atoms with van der Waals surface area (Å²) >= 11 is 0. The Bertz CT molecular complexity index is 421. The Morgan fingerprint density at radius 3 is 1.03 bits per heavy atom. The molecule has 0 atom stereocenters. The molecule has 9 heteroatoms. The second-order valence-corrected chi connectivity index (χ2v) is 15.4. The molecule has 0 aromatic carbocycles. The lowest BCUT2D eigenvalue weighted by Gasteiger charge is -2.39. The maximum atomic E-state index is 7.07. The summed E-state index contributed by atoms with van der Waals surface area (Å²) in [5.41, 5.74) is 0. The zero-order chi connectivity index (χ0) is 26.4. The molecule has 0 unspecified atom stereocenters. The molecule has 0 N–H and O–H groups in total. The van der Waals surface area contributed by atoms with Crippen LogP contribution in [0.2, 0.25) is 12.1 Å². The van der Waals surface area contributed by atoms with Gasteiger partial charge in [-0.15, -0.1) is 0 Å². The normalized spacial score (nSPS) is 12.9. The molecule has 7 nitrogen and oxygen atoms in total. The Hall–Kier alpha value is 0.154. The second kappa shape index (κ2) is 22.2. The lowest BCUT2D eigenvalue weighted by Crippen LogP contribution is -2.59. The van der Waals surface area contributed by atoms with Gasteiger partial charge in [0.1, 0.15) is 0 Å². The fourth-order valence-corrected chi connectivity index (χ4v) is 11.6. The molecule has 0 aliphatic rings. The van der Waals surface area contributed by atoms with Crippen molar-refractivity contribution in [3.63, 3.8) is 0 Å². The van der Waals surface area contributed by atoms with Gasteiger partial charge in [-0.1, -0.05) is 41.5 Å². The van der Waals surface area contributed by atoms with E-state index in [2.05, 4.69) is 65.4 Å². The fraction of sp³-hybridized carbons (Fsp3) is 1.00. The van der Waals surface area contributed by atoms with E-state index >= 15 is 0 Å². The van der Waals surface area contributed by atoms with Crippen LogP contribution in [0.5, 0.6) is 0 Å². The summed E-state index contributed by atoms with van der Waals surface area (Å²) in [4.78, 5) is 4.77. The molecule has 35 heavy (non-hydrogen) atoms. The number of rotatable bonds is 26. The van der Waals surface area contributed by atoms with Crippen molar-refractivity contribution in [1.82, 2.24) is 9.80 Å². The smallest absolute Gasteiger partial charge is 0.374 e. The second-order valence-electron chi connectivity index (χ2n) is 9.68. The summed E-state index contributed by atoms with van der Waals surface area (Å²) in [7, 11) is -1.59. The molecule has 0 fully saturated rings. The molecule has 0 saturated heterocycles. The van der Waals surface area contributed by atoms with Crippen molar-refractivity contribution >= 4 is 17.6 Å². The minimum absolute atomic E-state index is 0.645. The lowest BCUT2D eigenvalue weighted by atomic mass is 10.4. The predicted molar refractivity (Wildman–Crippen MR) is 152 cm³/mol. The Morgan fingerprint density at radius 1 is 0.457 bits per heavy atom. The molecule has 0 aliphatic heterocycles. The van der Waals surface area contributed by atoms with Crippen LogP contribution in [-0.4, -0.2) is 94.1 Å². The van der Waals surface area contributed by atoms with Crippen LogP contribution in [0.15, 0.2) is 0 Å². The third-order valence-electron chi connectivity index (χ3n) is 5.67. The SMILES string of the molecule is CCCO[Si](CCCN(C)CCC)(OCCC)O[Si](CCCN(C)CCC)(OCCC)OCCC. The van der Waals surface area contributed by atoms with E-state index in [-0.39, 0.29) is 0 Å². The van der Waals surface area contributed by atoms with Crippen LogP contribution in [0.3, 0.4) is 0 Å². The molecule has 0 aliphatic carbocycles.